The molecule has 1 spiro atoms. The molecule has 1 N–H and O–H groups in total. The molecule has 1 aliphatic heterocycles. The minimum absolute atomic E-state index is 0.0306. The first-order chi connectivity index (χ1) is 10.9. The third-order valence-corrected chi connectivity index (χ3v) is 4.99. The summed E-state index contributed by atoms with van der Waals surface area (Å²) in [7, 11) is 0. The lowest BCUT2D eigenvalue weighted by Crippen LogP contribution is -2.67. The number of rotatable bonds is 1. The van der Waals surface area contributed by atoms with Gasteiger partial charge >= 0.3 is 6.18 Å². The third-order valence-electron chi connectivity index (χ3n) is 4.99. The Labute approximate surface area is 133 Å². The van der Waals surface area contributed by atoms with Crippen molar-refractivity contribution in [3.05, 3.63) is 0 Å². The Bertz CT molecular complexity index is 505. The van der Waals surface area contributed by atoms with Crippen molar-refractivity contribution < 1.29 is 41.0 Å². The largest absolute Gasteiger partial charge is 0.483 e. The monoisotopic (exact) mass is 361 g/mol. The third kappa shape index (κ3) is 3.06. The van der Waals surface area contributed by atoms with Crippen LogP contribution in [0.2, 0.25) is 0 Å². The highest BCUT2D eigenvalue weighted by atomic mass is 19.4. The summed E-state index contributed by atoms with van der Waals surface area (Å²) in [6.07, 6.45) is -8.41. The predicted molar refractivity (Wildman–Crippen MR) is 69.1 cm³/mol. The molecule has 138 valence electrons. The van der Waals surface area contributed by atoms with E-state index >= 15 is 0 Å². The molecule has 10 heteroatoms. The number of amides is 1. The molecule has 2 aliphatic carbocycles. The number of carboxylic acid groups (broad SMARTS) is 1. The van der Waals surface area contributed by atoms with Gasteiger partial charge in [0.05, 0.1) is 6.54 Å². The van der Waals surface area contributed by atoms with Gasteiger partial charge in [0.2, 0.25) is 11.8 Å². The lowest BCUT2D eigenvalue weighted by molar-refractivity contribution is -0.313. The topological polar surface area (TPSA) is 57.6 Å². The fourth-order valence-electron chi connectivity index (χ4n) is 4.20. The van der Waals surface area contributed by atoms with Crippen molar-refractivity contribution in [3.8, 4) is 0 Å². The van der Waals surface area contributed by atoms with E-state index in [0.717, 1.165) is 4.90 Å². The van der Waals surface area contributed by atoms with Gasteiger partial charge in [0.1, 0.15) is 11.6 Å². The van der Waals surface area contributed by atoms with Crippen molar-refractivity contribution in [2.75, 3.05) is 13.1 Å². The second-order valence-electron chi connectivity index (χ2n) is 6.89. The SMILES string of the molecule is O=C(N1CCC(F)C1)C1(C(F)(F)F)CC2(CC(F)(F)C2)C1.O=CO. The van der Waals surface area contributed by atoms with Crippen molar-refractivity contribution in [1.29, 1.82) is 0 Å². The summed E-state index contributed by atoms with van der Waals surface area (Å²) < 4.78 is 78.9. The van der Waals surface area contributed by atoms with Crippen LogP contribution in [-0.2, 0) is 9.59 Å². The van der Waals surface area contributed by atoms with Crippen molar-refractivity contribution >= 4 is 12.4 Å². The summed E-state index contributed by atoms with van der Waals surface area (Å²) in [5.74, 6) is -4.06. The lowest BCUT2D eigenvalue weighted by Gasteiger charge is -2.62. The summed E-state index contributed by atoms with van der Waals surface area (Å²) in [4.78, 5) is 21.4. The van der Waals surface area contributed by atoms with Crippen LogP contribution < -0.4 is 0 Å². The van der Waals surface area contributed by atoms with Gasteiger partial charge in [0.25, 0.3) is 6.47 Å². The Morgan fingerprint density at radius 1 is 1.17 bits per heavy atom. The van der Waals surface area contributed by atoms with E-state index in [9.17, 15) is 31.1 Å². The van der Waals surface area contributed by atoms with Crippen LogP contribution in [0.3, 0.4) is 0 Å². The maximum Gasteiger partial charge on any atom is 0.403 e. The number of carbonyl (C=O) groups excluding carboxylic acids is 1. The van der Waals surface area contributed by atoms with Gasteiger partial charge < -0.3 is 10.0 Å². The lowest BCUT2D eigenvalue weighted by atomic mass is 9.43. The first-order valence-electron chi connectivity index (χ1n) is 7.36. The van der Waals surface area contributed by atoms with Crippen LogP contribution >= 0.6 is 0 Å². The average Bonchev–Trinajstić information content (AvgIpc) is 2.77. The van der Waals surface area contributed by atoms with Crippen LogP contribution in [-0.4, -0.2) is 53.7 Å². The first kappa shape index (κ1) is 18.9. The van der Waals surface area contributed by atoms with Crippen LogP contribution in [0.5, 0.6) is 0 Å². The molecule has 24 heavy (non-hydrogen) atoms. The van der Waals surface area contributed by atoms with Crippen LogP contribution in [0.25, 0.3) is 0 Å². The fourth-order valence-corrected chi connectivity index (χ4v) is 4.20. The van der Waals surface area contributed by atoms with Crippen LogP contribution in [0, 0.1) is 10.8 Å². The van der Waals surface area contributed by atoms with Gasteiger partial charge in [-0.3, -0.25) is 9.59 Å². The average molecular weight is 361 g/mol. The molecule has 2 saturated carbocycles. The number of halogens is 6. The maximum absolute atomic E-state index is 13.3. The van der Waals surface area contributed by atoms with Crippen molar-refractivity contribution in [3.63, 3.8) is 0 Å². The van der Waals surface area contributed by atoms with Gasteiger partial charge in [0.15, 0.2) is 0 Å². The molecule has 0 radical (unpaired) electrons. The van der Waals surface area contributed by atoms with Crippen molar-refractivity contribution in [2.24, 2.45) is 10.8 Å². The highest BCUT2D eigenvalue weighted by Gasteiger charge is 2.77. The Balaban J connectivity index is 0.000000647. The molecule has 3 aliphatic rings. The smallest absolute Gasteiger partial charge is 0.403 e. The minimum atomic E-state index is -4.78. The quantitative estimate of drug-likeness (QED) is 0.577. The van der Waals surface area contributed by atoms with Gasteiger partial charge in [-0.1, -0.05) is 0 Å². The van der Waals surface area contributed by atoms with E-state index in [1.807, 2.05) is 0 Å². The standard InChI is InChI=1S/C13H15F6NO.CH2O2/c14-8-1-2-20(3-8)9(21)11(13(17,18)19)4-10(5-11)6-12(15,16)7-10;2-1-3/h8H,1-7H2;1H,(H,2,3). The van der Waals surface area contributed by atoms with Gasteiger partial charge in [-0.15, -0.1) is 0 Å². The molecule has 1 heterocycles. The number of likely N-dealkylation sites (tertiary alicyclic amines) is 1. The van der Waals surface area contributed by atoms with E-state index < -0.39 is 60.7 Å². The van der Waals surface area contributed by atoms with Crippen LogP contribution in [0.4, 0.5) is 26.3 Å². The predicted octanol–water partition coefficient (Wildman–Crippen LogP) is 3.02. The summed E-state index contributed by atoms with van der Waals surface area (Å²) in [6.45, 7) is -0.624. The van der Waals surface area contributed by atoms with Gasteiger partial charge in [0, 0.05) is 19.4 Å². The highest BCUT2D eigenvalue weighted by molar-refractivity contribution is 5.85. The first-order valence-corrected chi connectivity index (χ1v) is 7.36. The summed E-state index contributed by atoms with van der Waals surface area (Å²) in [5.41, 5.74) is -3.66. The zero-order valence-electron chi connectivity index (χ0n) is 12.6. The van der Waals surface area contributed by atoms with E-state index in [1.54, 1.807) is 0 Å². The van der Waals surface area contributed by atoms with Crippen LogP contribution in [0.15, 0.2) is 0 Å². The normalized spacial score (nSPS) is 29.1. The minimum Gasteiger partial charge on any atom is -0.483 e. The zero-order valence-corrected chi connectivity index (χ0v) is 12.6. The van der Waals surface area contributed by atoms with Gasteiger partial charge in [-0.05, 0) is 24.7 Å². The highest BCUT2D eigenvalue weighted by Crippen LogP contribution is 2.72. The van der Waals surface area contributed by atoms with E-state index in [1.165, 1.54) is 0 Å². The number of alkyl halides is 6. The fraction of sp³-hybridized carbons (Fsp3) is 0.857. The number of hydrogen-bond acceptors (Lipinski definition) is 2. The second kappa shape index (κ2) is 5.80. The molecule has 1 saturated heterocycles. The molecule has 0 aromatic carbocycles. The molecular weight excluding hydrogens is 344 g/mol. The molecule has 3 rings (SSSR count). The molecular formula is C14H17F6NO3. The molecule has 1 amide bonds. The molecule has 4 nitrogen and oxygen atoms in total. The summed E-state index contributed by atoms with van der Waals surface area (Å²) >= 11 is 0. The van der Waals surface area contributed by atoms with Crippen LogP contribution in [0.1, 0.15) is 32.1 Å². The molecule has 0 aromatic heterocycles. The Kier molecular flexibility index (Phi) is 4.56. The molecule has 1 atom stereocenters. The second-order valence-corrected chi connectivity index (χ2v) is 6.89. The molecule has 3 fully saturated rings. The summed E-state index contributed by atoms with van der Waals surface area (Å²) in [6, 6.07) is 0. The van der Waals surface area contributed by atoms with E-state index in [0.29, 0.717) is 0 Å². The van der Waals surface area contributed by atoms with E-state index in [4.69, 9.17) is 9.90 Å². The Morgan fingerprint density at radius 2 is 1.67 bits per heavy atom. The van der Waals surface area contributed by atoms with Gasteiger partial charge in [-0.2, -0.15) is 13.2 Å². The van der Waals surface area contributed by atoms with E-state index in [-0.39, 0.29) is 26.0 Å². The van der Waals surface area contributed by atoms with Gasteiger partial charge in [-0.25, -0.2) is 13.2 Å². The zero-order chi connectivity index (χ0) is 18.4. The molecule has 0 aromatic rings. The Hall–Kier alpha value is -1.48. The Morgan fingerprint density at radius 3 is 2.00 bits per heavy atom. The maximum atomic E-state index is 13.3. The summed E-state index contributed by atoms with van der Waals surface area (Å²) in [5, 5.41) is 6.89. The molecule has 1 unspecified atom stereocenters. The number of nitrogens with zero attached hydrogens (tertiary/aromatic N) is 1. The van der Waals surface area contributed by atoms with E-state index in [2.05, 4.69) is 0 Å². The number of hydrogen-bond donors (Lipinski definition) is 1. The van der Waals surface area contributed by atoms with Crippen molar-refractivity contribution in [2.45, 2.75) is 50.4 Å². The number of carbonyl (C=O) groups is 2. The molecule has 0 bridgehead atoms. The van der Waals surface area contributed by atoms with Crippen molar-refractivity contribution in [1.82, 2.24) is 4.90 Å².